The maximum absolute atomic E-state index is 12.6. The lowest BCUT2D eigenvalue weighted by molar-refractivity contribution is -0.132. The van der Waals surface area contributed by atoms with Crippen molar-refractivity contribution >= 4 is 22.8 Å². The second kappa shape index (κ2) is 10.3. The Bertz CT molecular complexity index is 1020. The number of aromatic nitrogens is 2. The predicted molar refractivity (Wildman–Crippen MR) is 123 cm³/mol. The van der Waals surface area contributed by atoms with E-state index in [0.717, 1.165) is 54.1 Å². The molecule has 0 spiro atoms. The van der Waals surface area contributed by atoms with E-state index < -0.39 is 0 Å². The van der Waals surface area contributed by atoms with Gasteiger partial charge in [-0.1, -0.05) is 24.3 Å². The van der Waals surface area contributed by atoms with Gasteiger partial charge in [0.2, 0.25) is 11.8 Å². The minimum absolute atomic E-state index is 0.0304. The van der Waals surface area contributed by atoms with Gasteiger partial charge in [0.15, 0.2) is 0 Å². The van der Waals surface area contributed by atoms with E-state index in [-0.39, 0.29) is 11.8 Å². The molecular weight excluding hydrogens is 404 g/mol. The van der Waals surface area contributed by atoms with E-state index in [1.807, 2.05) is 53.4 Å². The number of ether oxygens (including phenoxy) is 1. The summed E-state index contributed by atoms with van der Waals surface area (Å²) in [5, 5.41) is 2.91. The lowest BCUT2D eigenvalue weighted by atomic mass is 9.96. The zero-order valence-corrected chi connectivity index (χ0v) is 18.5. The van der Waals surface area contributed by atoms with Crippen LogP contribution in [0.4, 0.5) is 0 Å². The number of nitrogens with zero attached hydrogens (tertiary/aromatic N) is 2. The first-order chi connectivity index (χ1) is 15.6. The van der Waals surface area contributed by atoms with Crippen LogP contribution in [0.2, 0.25) is 0 Å². The summed E-state index contributed by atoms with van der Waals surface area (Å²) in [7, 11) is 1.63. The first kappa shape index (κ1) is 21.9. The van der Waals surface area contributed by atoms with Crippen molar-refractivity contribution < 1.29 is 14.3 Å². The molecule has 1 aliphatic rings. The number of carbonyl (C=O) groups is 2. The number of methoxy groups -OCH3 is 1. The van der Waals surface area contributed by atoms with Gasteiger partial charge in [0.25, 0.3) is 0 Å². The normalized spacial score (nSPS) is 14.5. The summed E-state index contributed by atoms with van der Waals surface area (Å²) >= 11 is 0. The molecule has 2 aromatic carbocycles. The van der Waals surface area contributed by atoms with Crippen LogP contribution in [-0.2, 0) is 16.1 Å². The molecule has 0 atom stereocenters. The van der Waals surface area contributed by atoms with Crippen LogP contribution < -0.4 is 10.1 Å². The van der Waals surface area contributed by atoms with Crippen molar-refractivity contribution in [3.05, 3.63) is 59.9 Å². The average Bonchev–Trinajstić information content (AvgIpc) is 3.27. The van der Waals surface area contributed by atoms with E-state index in [9.17, 15) is 9.59 Å². The standard InChI is InChI=1S/C25H30N4O3/c1-32-20-11-9-18(10-12-20)17-26-23(30)7-4-8-24(31)29-15-13-19(14-16-29)25-27-21-5-2-3-6-22(21)28-25/h2-3,5-6,9-12,19H,4,7-8,13-17H2,1H3,(H,26,30)(H,27,28). The number of imidazole rings is 1. The van der Waals surface area contributed by atoms with Gasteiger partial charge < -0.3 is 19.9 Å². The maximum Gasteiger partial charge on any atom is 0.222 e. The number of hydrogen-bond acceptors (Lipinski definition) is 4. The molecule has 2 N–H and O–H groups in total. The summed E-state index contributed by atoms with van der Waals surface area (Å²) in [6.07, 6.45) is 3.15. The summed E-state index contributed by atoms with van der Waals surface area (Å²) in [5.41, 5.74) is 3.07. The molecule has 1 aromatic heterocycles. The van der Waals surface area contributed by atoms with Crippen LogP contribution in [0.3, 0.4) is 0 Å². The zero-order chi connectivity index (χ0) is 22.3. The number of fused-ring (bicyclic) bond motifs is 1. The van der Waals surface area contributed by atoms with Gasteiger partial charge in [0.05, 0.1) is 18.1 Å². The lowest BCUT2D eigenvalue weighted by Crippen LogP contribution is -2.38. The van der Waals surface area contributed by atoms with Crippen molar-refractivity contribution in [1.82, 2.24) is 20.2 Å². The van der Waals surface area contributed by atoms with Gasteiger partial charge >= 0.3 is 0 Å². The quantitative estimate of drug-likeness (QED) is 0.565. The Kier molecular flexibility index (Phi) is 7.04. The Balaban J connectivity index is 1.15. The number of rotatable bonds is 8. The molecule has 2 amide bonds. The van der Waals surface area contributed by atoms with E-state index in [1.165, 1.54) is 0 Å². The van der Waals surface area contributed by atoms with Crippen LogP contribution in [-0.4, -0.2) is 46.9 Å². The number of amides is 2. The summed E-state index contributed by atoms with van der Waals surface area (Å²) < 4.78 is 5.13. The molecule has 4 rings (SSSR count). The maximum atomic E-state index is 12.6. The predicted octanol–water partition coefficient (Wildman–Crippen LogP) is 3.76. The minimum atomic E-state index is -0.0304. The largest absolute Gasteiger partial charge is 0.497 e. The number of aromatic amines is 1. The smallest absolute Gasteiger partial charge is 0.222 e. The highest BCUT2D eigenvalue weighted by Gasteiger charge is 2.25. The fraction of sp³-hybridized carbons (Fsp3) is 0.400. The number of hydrogen-bond donors (Lipinski definition) is 2. The lowest BCUT2D eigenvalue weighted by Gasteiger charge is -2.31. The summed E-state index contributed by atoms with van der Waals surface area (Å²) in [6, 6.07) is 15.7. The first-order valence-electron chi connectivity index (χ1n) is 11.2. The number of piperidine rings is 1. The zero-order valence-electron chi connectivity index (χ0n) is 18.5. The Morgan fingerprint density at radius 1 is 1.09 bits per heavy atom. The Morgan fingerprint density at radius 3 is 2.56 bits per heavy atom. The molecule has 7 nitrogen and oxygen atoms in total. The molecule has 3 aromatic rings. The highest BCUT2D eigenvalue weighted by atomic mass is 16.5. The Morgan fingerprint density at radius 2 is 1.84 bits per heavy atom. The van der Waals surface area contributed by atoms with Crippen molar-refractivity contribution in [3.63, 3.8) is 0 Å². The number of carbonyl (C=O) groups excluding carboxylic acids is 2. The molecule has 1 fully saturated rings. The highest BCUT2D eigenvalue weighted by Crippen LogP contribution is 2.28. The number of benzene rings is 2. The molecule has 168 valence electrons. The van der Waals surface area contributed by atoms with Crippen molar-refractivity contribution in [2.24, 2.45) is 0 Å². The van der Waals surface area contributed by atoms with Crippen LogP contribution in [0, 0.1) is 0 Å². The molecule has 0 unspecified atom stereocenters. The highest BCUT2D eigenvalue weighted by molar-refractivity contribution is 5.79. The summed E-state index contributed by atoms with van der Waals surface area (Å²) in [4.78, 5) is 34.7. The van der Waals surface area contributed by atoms with Crippen molar-refractivity contribution in [2.75, 3.05) is 20.2 Å². The van der Waals surface area contributed by atoms with Gasteiger partial charge in [-0.15, -0.1) is 0 Å². The number of para-hydroxylation sites is 2. The van der Waals surface area contributed by atoms with Crippen molar-refractivity contribution in [3.8, 4) is 5.75 Å². The van der Waals surface area contributed by atoms with E-state index in [4.69, 9.17) is 9.72 Å². The van der Waals surface area contributed by atoms with Gasteiger partial charge in [0.1, 0.15) is 11.6 Å². The Hall–Kier alpha value is -3.35. The third-order valence-electron chi connectivity index (χ3n) is 6.09. The second-order valence-corrected chi connectivity index (χ2v) is 8.27. The molecule has 1 aliphatic heterocycles. The number of nitrogens with one attached hydrogen (secondary N) is 2. The molecule has 7 heteroatoms. The first-order valence-corrected chi connectivity index (χ1v) is 11.2. The third kappa shape index (κ3) is 5.46. The monoisotopic (exact) mass is 434 g/mol. The van der Waals surface area contributed by atoms with E-state index in [0.29, 0.717) is 31.7 Å². The van der Waals surface area contributed by atoms with Gasteiger partial charge in [-0.05, 0) is 49.1 Å². The molecule has 2 heterocycles. The van der Waals surface area contributed by atoms with E-state index in [1.54, 1.807) is 7.11 Å². The average molecular weight is 435 g/mol. The topological polar surface area (TPSA) is 87.3 Å². The minimum Gasteiger partial charge on any atom is -0.497 e. The summed E-state index contributed by atoms with van der Waals surface area (Å²) in [5.74, 6) is 2.27. The number of likely N-dealkylation sites (tertiary alicyclic amines) is 1. The molecule has 0 aliphatic carbocycles. The summed E-state index contributed by atoms with van der Waals surface area (Å²) in [6.45, 7) is 1.96. The second-order valence-electron chi connectivity index (χ2n) is 8.27. The van der Waals surface area contributed by atoms with Crippen LogP contribution in [0.25, 0.3) is 11.0 Å². The van der Waals surface area contributed by atoms with Gasteiger partial charge in [-0.2, -0.15) is 0 Å². The molecule has 0 bridgehead atoms. The van der Waals surface area contributed by atoms with Crippen molar-refractivity contribution in [2.45, 2.75) is 44.6 Å². The van der Waals surface area contributed by atoms with Crippen molar-refractivity contribution in [1.29, 1.82) is 0 Å². The van der Waals surface area contributed by atoms with Crippen LogP contribution >= 0.6 is 0 Å². The Labute approximate surface area is 188 Å². The molecular formula is C25H30N4O3. The van der Waals surface area contributed by atoms with E-state index >= 15 is 0 Å². The fourth-order valence-electron chi connectivity index (χ4n) is 4.16. The SMILES string of the molecule is COc1ccc(CNC(=O)CCCC(=O)N2CCC(c3nc4ccccc4[nH]3)CC2)cc1. The molecule has 1 saturated heterocycles. The van der Waals surface area contributed by atoms with Crippen LogP contribution in [0.5, 0.6) is 5.75 Å². The van der Waals surface area contributed by atoms with Gasteiger partial charge in [-0.25, -0.2) is 4.98 Å². The van der Waals surface area contributed by atoms with Crippen LogP contribution in [0.1, 0.15) is 49.4 Å². The van der Waals surface area contributed by atoms with Gasteiger partial charge in [-0.3, -0.25) is 9.59 Å². The van der Waals surface area contributed by atoms with Gasteiger partial charge in [0, 0.05) is 38.4 Å². The molecule has 0 saturated carbocycles. The molecule has 32 heavy (non-hydrogen) atoms. The van der Waals surface area contributed by atoms with Crippen LogP contribution in [0.15, 0.2) is 48.5 Å². The fourth-order valence-corrected chi connectivity index (χ4v) is 4.16. The molecule has 0 radical (unpaired) electrons. The van der Waals surface area contributed by atoms with E-state index in [2.05, 4.69) is 10.3 Å². The third-order valence-corrected chi connectivity index (χ3v) is 6.09. The number of H-pyrrole nitrogens is 1.